The second-order valence-electron chi connectivity index (χ2n) is 3.10. The van der Waals surface area contributed by atoms with Crippen LogP contribution in [0.5, 0.6) is 5.88 Å². The number of aromatic nitrogens is 3. The first-order valence-electron chi connectivity index (χ1n) is 4.89. The normalized spacial score (nSPS) is 9.81. The van der Waals surface area contributed by atoms with Crippen molar-refractivity contribution in [3.8, 4) is 5.88 Å². The Hall–Kier alpha value is -2.17. The van der Waals surface area contributed by atoms with Crippen molar-refractivity contribution in [1.29, 1.82) is 0 Å². The maximum Gasteiger partial charge on any atom is 0.222 e. The standard InChI is InChI=1S/C11H12N4O/c1-16-10-5-2-4-9(15-10)8-14-11-12-6-3-7-13-11/h2-7H,8H2,1H3,(H,12,13,14). The fourth-order valence-electron chi connectivity index (χ4n) is 1.23. The molecule has 2 aromatic rings. The van der Waals surface area contributed by atoms with Gasteiger partial charge >= 0.3 is 0 Å². The summed E-state index contributed by atoms with van der Waals surface area (Å²) in [6.07, 6.45) is 3.38. The Bertz CT molecular complexity index is 447. The molecule has 0 unspecified atom stereocenters. The van der Waals surface area contributed by atoms with Crippen LogP contribution in [0.25, 0.3) is 0 Å². The first kappa shape index (κ1) is 10.4. The zero-order valence-electron chi connectivity index (χ0n) is 8.92. The Morgan fingerprint density at radius 3 is 2.75 bits per heavy atom. The molecule has 0 aliphatic rings. The molecule has 0 saturated heterocycles. The molecule has 0 aromatic carbocycles. The number of hydrogen-bond acceptors (Lipinski definition) is 5. The van der Waals surface area contributed by atoms with Gasteiger partial charge in [0.15, 0.2) is 0 Å². The first-order chi connectivity index (χ1) is 7.88. The Kier molecular flexibility index (Phi) is 3.28. The molecule has 82 valence electrons. The maximum atomic E-state index is 5.04. The topological polar surface area (TPSA) is 59.9 Å². The lowest BCUT2D eigenvalue weighted by Crippen LogP contribution is -2.04. The summed E-state index contributed by atoms with van der Waals surface area (Å²) in [5, 5.41) is 3.07. The Morgan fingerprint density at radius 1 is 1.19 bits per heavy atom. The highest BCUT2D eigenvalue weighted by Crippen LogP contribution is 2.07. The van der Waals surface area contributed by atoms with E-state index in [1.165, 1.54) is 0 Å². The SMILES string of the molecule is COc1cccc(CNc2ncccn2)n1. The van der Waals surface area contributed by atoms with E-state index in [1.54, 1.807) is 25.6 Å². The molecule has 0 saturated carbocycles. The van der Waals surface area contributed by atoms with Crippen molar-refractivity contribution in [1.82, 2.24) is 15.0 Å². The molecule has 5 nitrogen and oxygen atoms in total. The number of hydrogen-bond donors (Lipinski definition) is 1. The molecule has 2 heterocycles. The lowest BCUT2D eigenvalue weighted by atomic mass is 10.3. The summed E-state index contributed by atoms with van der Waals surface area (Å²) in [5.74, 6) is 1.19. The summed E-state index contributed by atoms with van der Waals surface area (Å²) in [7, 11) is 1.60. The number of anilines is 1. The fraction of sp³-hybridized carbons (Fsp3) is 0.182. The molecule has 0 bridgehead atoms. The Morgan fingerprint density at radius 2 is 2.00 bits per heavy atom. The molecule has 0 amide bonds. The lowest BCUT2D eigenvalue weighted by Gasteiger charge is -2.04. The average molecular weight is 216 g/mol. The molecule has 0 radical (unpaired) electrons. The fourth-order valence-corrected chi connectivity index (χ4v) is 1.23. The van der Waals surface area contributed by atoms with Crippen LogP contribution in [0, 0.1) is 0 Å². The third-order valence-electron chi connectivity index (χ3n) is 1.98. The largest absolute Gasteiger partial charge is 0.481 e. The van der Waals surface area contributed by atoms with Crippen LogP contribution in [0.3, 0.4) is 0 Å². The molecule has 0 aliphatic heterocycles. The predicted octanol–water partition coefficient (Wildman–Crippen LogP) is 1.49. The molecule has 0 aliphatic carbocycles. The number of nitrogens with zero attached hydrogens (tertiary/aromatic N) is 3. The van der Waals surface area contributed by atoms with E-state index in [2.05, 4.69) is 20.3 Å². The van der Waals surface area contributed by atoms with Gasteiger partial charge in [0.1, 0.15) is 0 Å². The molecule has 5 heteroatoms. The van der Waals surface area contributed by atoms with Gasteiger partial charge in [0.25, 0.3) is 0 Å². The van der Waals surface area contributed by atoms with E-state index in [0.29, 0.717) is 18.4 Å². The predicted molar refractivity (Wildman–Crippen MR) is 60.1 cm³/mol. The number of pyridine rings is 1. The van der Waals surface area contributed by atoms with Crippen molar-refractivity contribution in [2.24, 2.45) is 0 Å². The highest BCUT2D eigenvalue weighted by Gasteiger charge is 1.98. The average Bonchev–Trinajstić information content (AvgIpc) is 2.38. The maximum absolute atomic E-state index is 5.04. The second-order valence-corrected chi connectivity index (χ2v) is 3.10. The van der Waals surface area contributed by atoms with E-state index in [4.69, 9.17) is 4.74 Å². The first-order valence-corrected chi connectivity index (χ1v) is 4.89. The van der Waals surface area contributed by atoms with E-state index in [1.807, 2.05) is 18.2 Å². The molecule has 2 rings (SSSR count). The van der Waals surface area contributed by atoms with Crippen molar-refractivity contribution >= 4 is 5.95 Å². The highest BCUT2D eigenvalue weighted by molar-refractivity contribution is 5.25. The summed E-state index contributed by atoms with van der Waals surface area (Å²) in [4.78, 5) is 12.4. The van der Waals surface area contributed by atoms with Crippen molar-refractivity contribution in [2.75, 3.05) is 12.4 Å². The van der Waals surface area contributed by atoms with Crippen LogP contribution in [0.15, 0.2) is 36.7 Å². The second kappa shape index (κ2) is 5.06. The minimum atomic E-state index is 0.571. The summed E-state index contributed by atoms with van der Waals surface area (Å²) >= 11 is 0. The quantitative estimate of drug-likeness (QED) is 0.839. The van der Waals surface area contributed by atoms with Crippen LogP contribution < -0.4 is 10.1 Å². The number of methoxy groups -OCH3 is 1. The highest BCUT2D eigenvalue weighted by atomic mass is 16.5. The van der Waals surface area contributed by atoms with E-state index in [-0.39, 0.29) is 0 Å². The summed E-state index contributed by atoms with van der Waals surface area (Å²) in [6.45, 7) is 0.571. The van der Waals surface area contributed by atoms with Gasteiger partial charge in [-0.05, 0) is 12.1 Å². The smallest absolute Gasteiger partial charge is 0.222 e. The van der Waals surface area contributed by atoms with Crippen LogP contribution in [-0.2, 0) is 6.54 Å². The van der Waals surface area contributed by atoms with Gasteiger partial charge in [-0.15, -0.1) is 0 Å². The van der Waals surface area contributed by atoms with Crippen LogP contribution in [-0.4, -0.2) is 22.1 Å². The van der Waals surface area contributed by atoms with Crippen molar-refractivity contribution < 1.29 is 4.74 Å². The summed E-state index contributed by atoms with van der Waals surface area (Å²) < 4.78 is 5.04. The van der Waals surface area contributed by atoms with E-state index >= 15 is 0 Å². The van der Waals surface area contributed by atoms with Crippen LogP contribution in [0.2, 0.25) is 0 Å². The third kappa shape index (κ3) is 2.66. The molecular weight excluding hydrogens is 204 g/mol. The molecule has 0 fully saturated rings. The summed E-state index contributed by atoms with van der Waals surface area (Å²) in [5.41, 5.74) is 0.881. The molecular formula is C11H12N4O. The van der Waals surface area contributed by atoms with Crippen LogP contribution in [0.1, 0.15) is 5.69 Å². The zero-order chi connectivity index (χ0) is 11.2. The molecule has 0 atom stereocenters. The Balaban J connectivity index is 1.99. The minimum absolute atomic E-state index is 0.571. The van der Waals surface area contributed by atoms with Gasteiger partial charge in [-0.25, -0.2) is 15.0 Å². The molecule has 1 N–H and O–H groups in total. The molecule has 16 heavy (non-hydrogen) atoms. The Labute approximate surface area is 93.5 Å². The van der Waals surface area contributed by atoms with Gasteiger partial charge in [0, 0.05) is 18.5 Å². The van der Waals surface area contributed by atoms with Crippen molar-refractivity contribution in [2.45, 2.75) is 6.54 Å². The van der Waals surface area contributed by atoms with Gasteiger partial charge in [-0.2, -0.15) is 0 Å². The van der Waals surface area contributed by atoms with Gasteiger partial charge in [-0.1, -0.05) is 6.07 Å². The van der Waals surface area contributed by atoms with Gasteiger partial charge in [-0.3, -0.25) is 0 Å². The van der Waals surface area contributed by atoms with Gasteiger partial charge < -0.3 is 10.1 Å². The van der Waals surface area contributed by atoms with Gasteiger partial charge in [0.2, 0.25) is 11.8 Å². The number of ether oxygens (including phenoxy) is 1. The van der Waals surface area contributed by atoms with E-state index in [0.717, 1.165) is 5.69 Å². The van der Waals surface area contributed by atoms with Crippen LogP contribution in [0.4, 0.5) is 5.95 Å². The number of rotatable bonds is 4. The molecule has 0 spiro atoms. The summed E-state index contributed by atoms with van der Waals surface area (Å²) in [6, 6.07) is 7.39. The molecule has 2 aromatic heterocycles. The zero-order valence-corrected chi connectivity index (χ0v) is 8.92. The third-order valence-corrected chi connectivity index (χ3v) is 1.98. The lowest BCUT2D eigenvalue weighted by molar-refractivity contribution is 0.396. The number of nitrogens with one attached hydrogen (secondary N) is 1. The van der Waals surface area contributed by atoms with Crippen LogP contribution >= 0.6 is 0 Å². The van der Waals surface area contributed by atoms with E-state index in [9.17, 15) is 0 Å². The minimum Gasteiger partial charge on any atom is -0.481 e. The van der Waals surface area contributed by atoms with Crippen molar-refractivity contribution in [3.63, 3.8) is 0 Å². The van der Waals surface area contributed by atoms with E-state index < -0.39 is 0 Å². The van der Waals surface area contributed by atoms with Gasteiger partial charge in [0.05, 0.1) is 19.3 Å². The van der Waals surface area contributed by atoms with Crippen molar-refractivity contribution in [3.05, 3.63) is 42.4 Å². The monoisotopic (exact) mass is 216 g/mol.